The smallest absolute Gasteiger partial charge is 0.263 e. The highest BCUT2D eigenvalue weighted by molar-refractivity contribution is 7.21. The molecule has 0 aliphatic carbocycles. The van der Waals surface area contributed by atoms with Crippen LogP contribution in [-0.2, 0) is 6.42 Å². The van der Waals surface area contributed by atoms with Gasteiger partial charge in [-0.25, -0.2) is 0 Å². The van der Waals surface area contributed by atoms with Crippen LogP contribution in [0.15, 0.2) is 35.1 Å². The van der Waals surface area contributed by atoms with Crippen molar-refractivity contribution in [3.63, 3.8) is 0 Å². The fraction of sp³-hybridized carbons (Fsp3) is 0.154. The van der Waals surface area contributed by atoms with E-state index in [2.05, 4.69) is 15.5 Å². The molecule has 1 amide bonds. The van der Waals surface area contributed by atoms with Crippen LogP contribution in [0.3, 0.4) is 0 Å². The van der Waals surface area contributed by atoms with E-state index in [9.17, 15) is 4.79 Å². The summed E-state index contributed by atoms with van der Waals surface area (Å²) in [6.07, 6.45) is 1.83. The van der Waals surface area contributed by atoms with E-state index in [0.29, 0.717) is 29.4 Å². The summed E-state index contributed by atoms with van der Waals surface area (Å²) in [6, 6.07) is 7.69. The van der Waals surface area contributed by atoms with E-state index in [-0.39, 0.29) is 5.91 Å². The third kappa shape index (κ3) is 2.35. The van der Waals surface area contributed by atoms with E-state index in [4.69, 9.17) is 10.3 Å². The topological polar surface area (TPSA) is 94.0 Å². The zero-order chi connectivity index (χ0) is 13.9. The molecule has 2 heterocycles. The van der Waals surface area contributed by atoms with E-state index < -0.39 is 0 Å². The molecule has 102 valence electrons. The second-order valence-electron chi connectivity index (χ2n) is 4.18. The van der Waals surface area contributed by atoms with Crippen LogP contribution in [0.1, 0.15) is 15.6 Å². The molecule has 20 heavy (non-hydrogen) atoms. The number of hydrogen-bond acceptors (Lipinski definition) is 6. The molecular weight excluding hydrogens is 276 g/mol. The molecule has 6 nitrogen and oxygen atoms in total. The summed E-state index contributed by atoms with van der Waals surface area (Å²) in [7, 11) is 0. The molecule has 0 fully saturated rings. The second kappa shape index (κ2) is 5.30. The van der Waals surface area contributed by atoms with Crippen LogP contribution in [0, 0.1) is 0 Å². The third-order valence-electron chi connectivity index (χ3n) is 2.87. The Balaban J connectivity index is 1.71. The zero-order valence-electron chi connectivity index (χ0n) is 10.5. The number of benzene rings is 1. The molecule has 1 aromatic carbocycles. The molecule has 0 aliphatic rings. The van der Waals surface area contributed by atoms with Crippen LogP contribution in [0.25, 0.3) is 10.1 Å². The molecule has 0 aliphatic heterocycles. The van der Waals surface area contributed by atoms with Crippen molar-refractivity contribution in [2.45, 2.75) is 6.42 Å². The number of rotatable bonds is 4. The Hall–Kier alpha value is -2.41. The van der Waals surface area contributed by atoms with Gasteiger partial charge in [0.05, 0.1) is 5.69 Å². The molecule has 3 aromatic rings. The highest BCUT2D eigenvalue weighted by atomic mass is 32.1. The standard InChI is InChI=1S/C13H12N4O2S/c14-11-8-3-1-2-4-9(8)20-12(11)13(18)15-6-5-10-16-7-17-19-10/h1-4,7H,5-6,14H2,(H,15,18). The summed E-state index contributed by atoms with van der Waals surface area (Å²) in [5, 5.41) is 7.22. The quantitative estimate of drug-likeness (QED) is 0.764. The first-order valence-corrected chi connectivity index (χ1v) is 6.88. The molecule has 0 spiro atoms. The number of anilines is 1. The number of fused-ring (bicyclic) bond motifs is 1. The molecule has 7 heteroatoms. The number of nitrogens with zero attached hydrogens (tertiary/aromatic N) is 2. The van der Waals surface area contributed by atoms with Crippen LogP contribution in [-0.4, -0.2) is 22.6 Å². The molecule has 2 aromatic heterocycles. The van der Waals surface area contributed by atoms with Crippen molar-refractivity contribution in [1.82, 2.24) is 15.5 Å². The lowest BCUT2D eigenvalue weighted by molar-refractivity contribution is 0.0958. The van der Waals surface area contributed by atoms with Crippen molar-refractivity contribution in [3.05, 3.63) is 41.4 Å². The maximum Gasteiger partial charge on any atom is 0.263 e. The molecule has 3 rings (SSSR count). The first kappa shape index (κ1) is 12.6. The van der Waals surface area contributed by atoms with Crippen LogP contribution in [0.4, 0.5) is 5.69 Å². The maximum atomic E-state index is 12.1. The summed E-state index contributed by atoms with van der Waals surface area (Å²) < 4.78 is 5.86. The van der Waals surface area contributed by atoms with Gasteiger partial charge in [0.15, 0.2) is 6.33 Å². The van der Waals surface area contributed by atoms with Gasteiger partial charge in [-0.15, -0.1) is 11.3 Å². The van der Waals surface area contributed by atoms with E-state index in [1.807, 2.05) is 24.3 Å². The number of nitrogen functional groups attached to an aromatic ring is 1. The predicted molar refractivity (Wildman–Crippen MR) is 76.6 cm³/mol. The average molecular weight is 288 g/mol. The van der Waals surface area contributed by atoms with Gasteiger partial charge in [-0.05, 0) is 6.07 Å². The molecule has 0 unspecified atom stereocenters. The lowest BCUT2D eigenvalue weighted by Crippen LogP contribution is -2.25. The van der Waals surface area contributed by atoms with Crippen molar-refractivity contribution in [2.75, 3.05) is 12.3 Å². The SMILES string of the molecule is Nc1c(C(=O)NCCc2ncno2)sc2ccccc12. The minimum Gasteiger partial charge on any atom is -0.397 e. The number of nitrogens with one attached hydrogen (secondary N) is 1. The number of aromatic nitrogens is 2. The number of thiophene rings is 1. The second-order valence-corrected chi connectivity index (χ2v) is 5.23. The van der Waals surface area contributed by atoms with Crippen molar-refractivity contribution in [2.24, 2.45) is 0 Å². The van der Waals surface area contributed by atoms with E-state index in [1.165, 1.54) is 17.7 Å². The Kier molecular flexibility index (Phi) is 3.34. The van der Waals surface area contributed by atoms with E-state index in [0.717, 1.165) is 10.1 Å². The minimum absolute atomic E-state index is 0.178. The lowest BCUT2D eigenvalue weighted by atomic mass is 10.2. The Labute approximate surface area is 118 Å². The molecule has 0 radical (unpaired) electrons. The molecule has 0 atom stereocenters. The third-order valence-corrected chi connectivity index (χ3v) is 4.06. The van der Waals surface area contributed by atoms with Gasteiger partial charge in [-0.2, -0.15) is 4.98 Å². The minimum atomic E-state index is -0.178. The average Bonchev–Trinajstić information content (AvgIpc) is 3.08. The predicted octanol–water partition coefficient (Wildman–Crippen LogP) is 1.84. The summed E-state index contributed by atoms with van der Waals surface area (Å²) >= 11 is 1.39. The van der Waals surface area contributed by atoms with Gasteiger partial charge in [0.2, 0.25) is 5.89 Å². The normalized spacial score (nSPS) is 10.8. The molecule has 0 saturated heterocycles. The number of nitrogens with two attached hydrogens (primary N) is 1. The number of hydrogen-bond donors (Lipinski definition) is 2. The monoisotopic (exact) mass is 288 g/mol. The van der Waals surface area contributed by atoms with Gasteiger partial charge in [-0.3, -0.25) is 4.79 Å². The molecule has 0 saturated carbocycles. The van der Waals surface area contributed by atoms with Gasteiger partial charge in [0.1, 0.15) is 4.88 Å². The fourth-order valence-corrected chi connectivity index (χ4v) is 2.94. The van der Waals surface area contributed by atoms with Crippen molar-refractivity contribution in [1.29, 1.82) is 0 Å². The van der Waals surface area contributed by atoms with Gasteiger partial charge in [0.25, 0.3) is 5.91 Å². The summed E-state index contributed by atoms with van der Waals surface area (Å²) in [4.78, 5) is 16.5. The Bertz CT molecular complexity index is 736. The fourth-order valence-electron chi connectivity index (χ4n) is 1.90. The zero-order valence-corrected chi connectivity index (χ0v) is 11.3. The maximum absolute atomic E-state index is 12.1. The van der Waals surface area contributed by atoms with Crippen molar-refractivity contribution < 1.29 is 9.32 Å². The Morgan fingerprint density at radius 1 is 1.40 bits per heavy atom. The summed E-state index contributed by atoms with van der Waals surface area (Å²) in [6.45, 7) is 0.425. The van der Waals surface area contributed by atoms with Gasteiger partial charge in [-0.1, -0.05) is 23.4 Å². The number of carbonyl (C=O) groups is 1. The van der Waals surface area contributed by atoms with Crippen LogP contribution >= 0.6 is 11.3 Å². The molecule has 3 N–H and O–H groups in total. The number of carbonyl (C=O) groups excluding carboxylic acids is 1. The lowest BCUT2D eigenvalue weighted by Gasteiger charge is -2.02. The highest BCUT2D eigenvalue weighted by Gasteiger charge is 2.15. The largest absolute Gasteiger partial charge is 0.397 e. The van der Waals surface area contributed by atoms with Crippen molar-refractivity contribution >= 4 is 33.0 Å². The Morgan fingerprint density at radius 2 is 2.25 bits per heavy atom. The molecule has 0 bridgehead atoms. The highest BCUT2D eigenvalue weighted by Crippen LogP contribution is 2.33. The van der Waals surface area contributed by atoms with E-state index >= 15 is 0 Å². The van der Waals surface area contributed by atoms with Crippen LogP contribution in [0.5, 0.6) is 0 Å². The van der Waals surface area contributed by atoms with E-state index in [1.54, 1.807) is 0 Å². The van der Waals surface area contributed by atoms with Gasteiger partial charge >= 0.3 is 0 Å². The number of amides is 1. The van der Waals surface area contributed by atoms with Gasteiger partial charge in [0, 0.05) is 23.1 Å². The van der Waals surface area contributed by atoms with Gasteiger partial charge < -0.3 is 15.6 Å². The first-order chi connectivity index (χ1) is 9.75. The van der Waals surface area contributed by atoms with Crippen LogP contribution in [0.2, 0.25) is 0 Å². The van der Waals surface area contributed by atoms with Crippen LogP contribution < -0.4 is 11.1 Å². The van der Waals surface area contributed by atoms with Crippen molar-refractivity contribution in [3.8, 4) is 0 Å². The Morgan fingerprint density at radius 3 is 3.00 bits per heavy atom. The first-order valence-electron chi connectivity index (χ1n) is 6.06. The molecular formula is C13H12N4O2S. The summed E-state index contributed by atoms with van der Waals surface area (Å²) in [5.74, 6) is 0.317. The summed E-state index contributed by atoms with van der Waals surface area (Å²) in [5.41, 5.74) is 6.54.